The van der Waals surface area contributed by atoms with Crippen molar-refractivity contribution < 1.29 is 9.18 Å². The molecule has 16 heavy (non-hydrogen) atoms. The topological polar surface area (TPSA) is 54.9 Å². The van der Waals surface area contributed by atoms with Gasteiger partial charge in [-0.15, -0.1) is 0 Å². The minimum absolute atomic E-state index is 0.0501. The number of aromatic amines is 1. The maximum Gasteiger partial charge on any atom is 0.277 e. The van der Waals surface area contributed by atoms with Gasteiger partial charge in [-0.25, -0.2) is 4.39 Å². The molecule has 0 spiro atoms. The lowest BCUT2D eigenvalue weighted by Gasteiger charge is -1.98. The highest BCUT2D eigenvalue weighted by molar-refractivity contribution is 5.85. The number of nitrogens with one attached hydrogen (secondary N) is 1. The molecule has 0 saturated heterocycles. The number of aryl methyl sites for hydroxylation is 1. The van der Waals surface area contributed by atoms with Crippen LogP contribution in [0.4, 0.5) is 4.39 Å². The second-order valence-corrected chi connectivity index (χ2v) is 3.39. The molecule has 4 nitrogen and oxygen atoms in total. The minimum atomic E-state index is -0.394. The van der Waals surface area contributed by atoms with Crippen LogP contribution in [-0.2, 0) is 7.05 Å². The summed E-state index contributed by atoms with van der Waals surface area (Å²) < 4.78 is 13.9. The number of rotatable bonds is 2. The van der Waals surface area contributed by atoms with Crippen LogP contribution < -0.4 is 5.56 Å². The van der Waals surface area contributed by atoms with Gasteiger partial charge in [-0.2, -0.15) is 0 Å². The van der Waals surface area contributed by atoms with Gasteiger partial charge in [0.1, 0.15) is 11.4 Å². The highest BCUT2D eigenvalue weighted by Crippen LogP contribution is 2.18. The molecule has 0 aliphatic carbocycles. The largest absolute Gasteiger partial charge is 0.298 e. The maximum atomic E-state index is 12.7. The van der Waals surface area contributed by atoms with Gasteiger partial charge in [-0.05, 0) is 24.3 Å². The van der Waals surface area contributed by atoms with Crippen LogP contribution in [0.2, 0.25) is 0 Å². The van der Waals surface area contributed by atoms with Crippen LogP contribution in [0.1, 0.15) is 10.4 Å². The van der Waals surface area contributed by atoms with E-state index in [1.54, 1.807) is 0 Å². The minimum Gasteiger partial charge on any atom is -0.298 e. The number of aldehydes is 1. The van der Waals surface area contributed by atoms with Gasteiger partial charge >= 0.3 is 0 Å². The van der Waals surface area contributed by atoms with Crippen molar-refractivity contribution in [1.29, 1.82) is 0 Å². The van der Waals surface area contributed by atoms with Crippen molar-refractivity contribution in [3.63, 3.8) is 0 Å². The Bertz CT molecular complexity index is 581. The molecule has 2 aromatic rings. The Morgan fingerprint density at radius 1 is 1.31 bits per heavy atom. The van der Waals surface area contributed by atoms with Crippen molar-refractivity contribution in [3.05, 3.63) is 46.0 Å². The molecule has 1 heterocycles. The van der Waals surface area contributed by atoms with Crippen LogP contribution in [0.15, 0.2) is 29.1 Å². The lowest BCUT2D eigenvalue weighted by atomic mass is 10.1. The summed E-state index contributed by atoms with van der Waals surface area (Å²) in [6.45, 7) is 0. The van der Waals surface area contributed by atoms with Crippen molar-refractivity contribution in [2.45, 2.75) is 0 Å². The molecule has 1 N–H and O–H groups in total. The summed E-state index contributed by atoms with van der Waals surface area (Å²) in [5.41, 5.74) is 0.659. The molecule has 0 bridgehead atoms. The summed E-state index contributed by atoms with van der Waals surface area (Å²) in [7, 11) is 1.52. The smallest absolute Gasteiger partial charge is 0.277 e. The van der Waals surface area contributed by atoms with E-state index in [-0.39, 0.29) is 11.4 Å². The van der Waals surface area contributed by atoms with E-state index in [2.05, 4.69) is 5.10 Å². The zero-order valence-corrected chi connectivity index (χ0v) is 8.53. The van der Waals surface area contributed by atoms with Crippen molar-refractivity contribution in [2.75, 3.05) is 0 Å². The summed E-state index contributed by atoms with van der Waals surface area (Å²) in [5, 5.41) is 2.75. The van der Waals surface area contributed by atoms with Gasteiger partial charge in [0.15, 0.2) is 6.29 Å². The number of benzene rings is 1. The zero-order valence-electron chi connectivity index (χ0n) is 8.53. The number of H-pyrrole nitrogens is 1. The summed E-state index contributed by atoms with van der Waals surface area (Å²) >= 11 is 0. The van der Waals surface area contributed by atoms with E-state index in [1.165, 1.54) is 36.0 Å². The summed E-state index contributed by atoms with van der Waals surface area (Å²) in [6, 6.07) is 5.56. The third-order valence-electron chi connectivity index (χ3n) is 2.33. The summed E-state index contributed by atoms with van der Waals surface area (Å²) in [4.78, 5) is 22.3. The van der Waals surface area contributed by atoms with Crippen LogP contribution in [0, 0.1) is 5.82 Å². The molecular weight excluding hydrogens is 211 g/mol. The quantitative estimate of drug-likeness (QED) is 0.776. The fraction of sp³-hybridized carbons (Fsp3) is 0.0909. The van der Waals surface area contributed by atoms with E-state index >= 15 is 0 Å². The van der Waals surface area contributed by atoms with Crippen molar-refractivity contribution in [1.82, 2.24) is 9.78 Å². The summed E-state index contributed by atoms with van der Waals surface area (Å²) in [5.74, 6) is -0.366. The van der Waals surface area contributed by atoms with Gasteiger partial charge in [-0.3, -0.25) is 19.4 Å². The molecule has 0 aliphatic rings. The molecule has 0 saturated carbocycles. The van der Waals surface area contributed by atoms with Gasteiger partial charge in [0.25, 0.3) is 5.56 Å². The predicted molar refractivity (Wildman–Crippen MR) is 56.8 cm³/mol. The third kappa shape index (κ3) is 1.56. The first kappa shape index (κ1) is 10.4. The molecule has 82 valence electrons. The molecule has 5 heteroatoms. The fourth-order valence-corrected chi connectivity index (χ4v) is 1.51. The Hall–Kier alpha value is -2.17. The van der Waals surface area contributed by atoms with Gasteiger partial charge in [0.05, 0.1) is 5.69 Å². The second-order valence-electron chi connectivity index (χ2n) is 3.39. The van der Waals surface area contributed by atoms with E-state index < -0.39 is 5.56 Å². The first-order valence-corrected chi connectivity index (χ1v) is 4.63. The molecule has 0 aliphatic heterocycles. The van der Waals surface area contributed by atoms with Crippen LogP contribution in [0.5, 0.6) is 0 Å². The van der Waals surface area contributed by atoms with Gasteiger partial charge in [0, 0.05) is 12.6 Å². The van der Waals surface area contributed by atoms with E-state index in [0.29, 0.717) is 17.5 Å². The van der Waals surface area contributed by atoms with Crippen LogP contribution in [0.3, 0.4) is 0 Å². The number of carbonyl (C=O) groups excluding carboxylic acids is 1. The van der Waals surface area contributed by atoms with Crippen LogP contribution in [-0.4, -0.2) is 16.1 Å². The number of hydrogen-bond donors (Lipinski definition) is 1. The van der Waals surface area contributed by atoms with Gasteiger partial charge < -0.3 is 0 Å². The van der Waals surface area contributed by atoms with Crippen LogP contribution in [0.25, 0.3) is 11.3 Å². The molecule has 1 aromatic carbocycles. The van der Waals surface area contributed by atoms with Crippen molar-refractivity contribution >= 4 is 6.29 Å². The fourth-order valence-electron chi connectivity index (χ4n) is 1.51. The highest BCUT2D eigenvalue weighted by Gasteiger charge is 2.12. The first-order chi connectivity index (χ1) is 7.63. The van der Waals surface area contributed by atoms with Gasteiger partial charge in [-0.1, -0.05) is 0 Å². The Morgan fingerprint density at radius 2 is 1.94 bits per heavy atom. The number of hydrogen-bond acceptors (Lipinski definition) is 2. The maximum absolute atomic E-state index is 12.7. The lowest BCUT2D eigenvalue weighted by molar-refractivity contribution is 0.112. The Labute approximate surface area is 90.3 Å². The monoisotopic (exact) mass is 220 g/mol. The predicted octanol–water partition coefficient (Wildman–Crippen LogP) is 1.33. The number of carbonyl (C=O) groups is 1. The normalized spacial score (nSPS) is 10.4. The number of halogens is 1. The van der Waals surface area contributed by atoms with E-state index in [4.69, 9.17) is 0 Å². The first-order valence-electron chi connectivity index (χ1n) is 4.63. The SMILES string of the molecule is Cn1[nH]c(-c2ccc(F)cc2)c(C=O)c1=O. The lowest BCUT2D eigenvalue weighted by Crippen LogP contribution is -2.14. The molecule has 0 atom stereocenters. The van der Waals surface area contributed by atoms with E-state index in [0.717, 1.165) is 0 Å². The molecule has 1 aromatic heterocycles. The highest BCUT2D eigenvalue weighted by atomic mass is 19.1. The molecule has 0 fully saturated rings. The van der Waals surface area contributed by atoms with Crippen LogP contribution >= 0.6 is 0 Å². The van der Waals surface area contributed by atoms with Gasteiger partial charge in [0.2, 0.25) is 0 Å². The zero-order chi connectivity index (χ0) is 11.7. The second kappa shape index (κ2) is 3.77. The average Bonchev–Trinajstić information content (AvgIpc) is 2.56. The Kier molecular flexibility index (Phi) is 2.44. The standard InChI is InChI=1S/C11H9FN2O2/c1-14-11(16)9(6-15)10(13-14)7-2-4-8(12)5-3-7/h2-6,13H,1H3. The third-order valence-corrected chi connectivity index (χ3v) is 2.33. The van der Waals surface area contributed by atoms with Crippen molar-refractivity contribution in [2.24, 2.45) is 7.05 Å². The van der Waals surface area contributed by atoms with E-state index in [9.17, 15) is 14.0 Å². The number of nitrogens with zero attached hydrogens (tertiary/aromatic N) is 1. The molecule has 0 amide bonds. The number of aromatic nitrogens is 2. The molecule has 2 rings (SSSR count). The molecule has 0 radical (unpaired) electrons. The Balaban J connectivity index is 2.64. The summed E-state index contributed by atoms with van der Waals surface area (Å²) in [6.07, 6.45) is 0.498. The van der Waals surface area contributed by atoms with Crippen molar-refractivity contribution in [3.8, 4) is 11.3 Å². The molecular formula is C11H9FN2O2. The average molecular weight is 220 g/mol. The Morgan fingerprint density at radius 3 is 2.50 bits per heavy atom. The van der Waals surface area contributed by atoms with E-state index in [1.807, 2.05) is 0 Å². The molecule has 0 unspecified atom stereocenters.